The van der Waals surface area contributed by atoms with Gasteiger partial charge in [0.25, 0.3) is 0 Å². The maximum atomic E-state index is 8.25. The fraction of sp³-hybridized carbons (Fsp3) is 0.600. The minimum Gasteiger partial charge on any atom is -0.401 e. The highest BCUT2D eigenvalue weighted by molar-refractivity contribution is 4.88. The third kappa shape index (κ3) is 5.30. The standard InChI is InChI=1S/C5H12N2O/c1-5(6)4-7-2-3-8/h4,7-8H,2-3,6H2,1H3/b5-4-. The van der Waals surface area contributed by atoms with Crippen LogP contribution in [0.15, 0.2) is 11.9 Å². The van der Waals surface area contributed by atoms with Gasteiger partial charge >= 0.3 is 0 Å². The molecule has 0 heterocycles. The predicted octanol–water partition coefficient (Wildman–Crippen LogP) is -0.612. The van der Waals surface area contributed by atoms with Crippen LogP contribution in [0.4, 0.5) is 0 Å². The predicted molar refractivity (Wildman–Crippen MR) is 33.0 cm³/mol. The van der Waals surface area contributed by atoms with Crippen molar-refractivity contribution >= 4 is 0 Å². The average Bonchev–Trinajstić information content (AvgIpc) is 1.66. The van der Waals surface area contributed by atoms with Gasteiger partial charge in [-0.15, -0.1) is 0 Å². The van der Waals surface area contributed by atoms with Crippen LogP contribution in [-0.4, -0.2) is 18.3 Å². The molecule has 0 spiro atoms. The van der Waals surface area contributed by atoms with Gasteiger partial charge in [-0.3, -0.25) is 0 Å². The van der Waals surface area contributed by atoms with Crippen LogP contribution in [0, 0.1) is 0 Å². The smallest absolute Gasteiger partial charge is 0.0603 e. The SMILES string of the molecule is C/C(N)=C/NCCO. The molecule has 0 atom stereocenters. The number of nitrogens with one attached hydrogen (secondary N) is 1. The van der Waals surface area contributed by atoms with Gasteiger partial charge in [0, 0.05) is 18.4 Å². The van der Waals surface area contributed by atoms with E-state index in [-0.39, 0.29) is 6.61 Å². The molecule has 3 heteroatoms. The number of hydrogen-bond donors (Lipinski definition) is 3. The second-order valence-corrected chi connectivity index (χ2v) is 1.57. The molecule has 4 N–H and O–H groups in total. The summed E-state index contributed by atoms with van der Waals surface area (Å²) in [6.45, 7) is 2.49. The summed E-state index contributed by atoms with van der Waals surface area (Å²) in [5, 5.41) is 11.0. The van der Waals surface area contributed by atoms with Crippen molar-refractivity contribution in [3.63, 3.8) is 0 Å². The molecule has 0 saturated heterocycles. The van der Waals surface area contributed by atoms with Crippen LogP contribution in [0.1, 0.15) is 6.92 Å². The summed E-state index contributed by atoms with van der Waals surface area (Å²) in [5.41, 5.74) is 5.97. The van der Waals surface area contributed by atoms with E-state index in [1.807, 2.05) is 0 Å². The molecule has 0 aromatic carbocycles. The third-order valence-electron chi connectivity index (χ3n) is 0.586. The van der Waals surface area contributed by atoms with Gasteiger partial charge in [-0.25, -0.2) is 0 Å². The molecule has 0 aromatic heterocycles. The Morgan fingerprint density at radius 2 is 2.50 bits per heavy atom. The second-order valence-electron chi connectivity index (χ2n) is 1.57. The van der Waals surface area contributed by atoms with Crippen molar-refractivity contribution in [2.24, 2.45) is 5.73 Å². The Labute approximate surface area is 49.2 Å². The van der Waals surface area contributed by atoms with E-state index in [4.69, 9.17) is 10.8 Å². The summed E-state index contributed by atoms with van der Waals surface area (Å²) in [6.07, 6.45) is 1.66. The van der Waals surface area contributed by atoms with Crippen molar-refractivity contribution < 1.29 is 5.11 Å². The normalized spacial score (nSPS) is 11.5. The molecule has 0 rings (SSSR count). The van der Waals surface area contributed by atoms with Gasteiger partial charge in [-0.05, 0) is 6.92 Å². The van der Waals surface area contributed by atoms with Crippen molar-refractivity contribution in [3.8, 4) is 0 Å². The molecular formula is C5H12N2O. The minimum atomic E-state index is 0.143. The summed E-state index contributed by atoms with van der Waals surface area (Å²) in [5.74, 6) is 0. The summed E-state index contributed by atoms with van der Waals surface area (Å²) < 4.78 is 0. The second kappa shape index (κ2) is 4.46. The van der Waals surface area contributed by atoms with E-state index in [2.05, 4.69) is 5.32 Å². The van der Waals surface area contributed by atoms with E-state index >= 15 is 0 Å². The molecule has 0 aliphatic carbocycles. The highest BCUT2D eigenvalue weighted by Gasteiger charge is 1.75. The van der Waals surface area contributed by atoms with Crippen molar-refractivity contribution in [2.45, 2.75) is 6.92 Å². The molecular weight excluding hydrogens is 104 g/mol. The van der Waals surface area contributed by atoms with Gasteiger partial charge in [0.15, 0.2) is 0 Å². The highest BCUT2D eigenvalue weighted by atomic mass is 16.3. The van der Waals surface area contributed by atoms with Gasteiger partial charge in [-0.1, -0.05) is 0 Å². The highest BCUT2D eigenvalue weighted by Crippen LogP contribution is 1.71. The first kappa shape index (κ1) is 7.30. The zero-order valence-corrected chi connectivity index (χ0v) is 5.02. The zero-order valence-electron chi connectivity index (χ0n) is 5.02. The Morgan fingerprint density at radius 1 is 1.88 bits per heavy atom. The molecule has 0 amide bonds. The number of nitrogens with two attached hydrogens (primary N) is 1. The van der Waals surface area contributed by atoms with Crippen LogP contribution in [0.25, 0.3) is 0 Å². The van der Waals surface area contributed by atoms with Gasteiger partial charge in [0.05, 0.1) is 6.61 Å². The van der Waals surface area contributed by atoms with E-state index in [0.717, 1.165) is 5.70 Å². The van der Waals surface area contributed by atoms with Crippen LogP contribution in [0.5, 0.6) is 0 Å². The first-order chi connectivity index (χ1) is 3.77. The van der Waals surface area contributed by atoms with E-state index in [1.54, 1.807) is 13.1 Å². The molecule has 0 aromatic rings. The third-order valence-corrected chi connectivity index (χ3v) is 0.586. The van der Waals surface area contributed by atoms with E-state index < -0.39 is 0 Å². The number of aliphatic hydroxyl groups is 1. The largest absolute Gasteiger partial charge is 0.401 e. The van der Waals surface area contributed by atoms with Crippen molar-refractivity contribution in [1.82, 2.24) is 5.32 Å². The lowest BCUT2D eigenvalue weighted by molar-refractivity contribution is 0.298. The molecule has 0 radical (unpaired) electrons. The number of aliphatic hydroxyl groups excluding tert-OH is 1. The maximum absolute atomic E-state index is 8.25. The number of rotatable bonds is 3. The molecule has 0 unspecified atom stereocenters. The lowest BCUT2D eigenvalue weighted by atomic mass is 10.5. The average molecular weight is 116 g/mol. The summed E-state index contributed by atoms with van der Waals surface area (Å²) in [6, 6.07) is 0. The topological polar surface area (TPSA) is 58.3 Å². The van der Waals surface area contributed by atoms with Crippen molar-refractivity contribution in [1.29, 1.82) is 0 Å². The zero-order chi connectivity index (χ0) is 6.41. The van der Waals surface area contributed by atoms with E-state index in [9.17, 15) is 0 Å². The first-order valence-electron chi connectivity index (χ1n) is 2.54. The fourth-order valence-electron chi connectivity index (χ4n) is 0.298. The van der Waals surface area contributed by atoms with Gasteiger partial charge < -0.3 is 16.2 Å². The Bertz CT molecular complexity index is 76.5. The molecule has 0 aliphatic rings. The molecule has 3 nitrogen and oxygen atoms in total. The maximum Gasteiger partial charge on any atom is 0.0603 e. The fourth-order valence-corrected chi connectivity index (χ4v) is 0.298. The van der Waals surface area contributed by atoms with Crippen LogP contribution < -0.4 is 11.1 Å². The van der Waals surface area contributed by atoms with Gasteiger partial charge in [-0.2, -0.15) is 0 Å². The Kier molecular flexibility index (Phi) is 4.07. The van der Waals surface area contributed by atoms with E-state index in [1.165, 1.54) is 0 Å². The minimum absolute atomic E-state index is 0.143. The van der Waals surface area contributed by atoms with E-state index in [0.29, 0.717) is 6.54 Å². The van der Waals surface area contributed by atoms with Crippen LogP contribution in [-0.2, 0) is 0 Å². The Hall–Kier alpha value is -0.700. The van der Waals surface area contributed by atoms with Crippen LogP contribution in [0.2, 0.25) is 0 Å². The monoisotopic (exact) mass is 116 g/mol. The van der Waals surface area contributed by atoms with Gasteiger partial charge in [0.2, 0.25) is 0 Å². The van der Waals surface area contributed by atoms with Crippen LogP contribution in [0.3, 0.4) is 0 Å². The molecule has 0 fully saturated rings. The molecule has 0 aliphatic heterocycles. The van der Waals surface area contributed by atoms with Crippen molar-refractivity contribution in [2.75, 3.05) is 13.2 Å². The number of hydrogen-bond acceptors (Lipinski definition) is 3. The summed E-state index contributed by atoms with van der Waals surface area (Å²) in [4.78, 5) is 0. The van der Waals surface area contributed by atoms with Crippen LogP contribution >= 0.6 is 0 Å². The molecule has 0 bridgehead atoms. The molecule has 48 valence electrons. The number of allylic oxidation sites excluding steroid dienone is 1. The van der Waals surface area contributed by atoms with Gasteiger partial charge in [0.1, 0.15) is 0 Å². The Balaban J connectivity index is 3.03. The lowest BCUT2D eigenvalue weighted by Gasteiger charge is -1.94. The summed E-state index contributed by atoms with van der Waals surface area (Å²) >= 11 is 0. The molecule has 0 saturated carbocycles. The quantitative estimate of drug-likeness (QED) is 0.431. The lowest BCUT2D eigenvalue weighted by Crippen LogP contribution is -2.12. The van der Waals surface area contributed by atoms with Crippen molar-refractivity contribution in [3.05, 3.63) is 11.9 Å². The summed E-state index contributed by atoms with van der Waals surface area (Å²) in [7, 11) is 0. The molecule has 8 heavy (non-hydrogen) atoms. The Morgan fingerprint density at radius 3 is 2.88 bits per heavy atom. The first-order valence-corrected chi connectivity index (χ1v) is 2.54.